The van der Waals surface area contributed by atoms with Gasteiger partial charge in [0, 0.05) is 35.2 Å². The highest BCUT2D eigenvalue weighted by Crippen LogP contribution is 2.38. The quantitative estimate of drug-likeness (QED) is 0.444. The fraction of sp³-hybridized carbons (Fsp3) is 0.214. The molecular weight excluding hydrogens is 442 g/mol. The standard InChI is InChI=1S/C28H29N3O4/c1-17-10-11-20(27(32)29-16-19-8-6-5-7-9-19)13-23(17)30-18(2)22-12-21-14-25(34-3)26(35-4)15-24(21)31-28(22)33/h5-11,13-15,22,30H,2,12,16H2,1,3-4H3,(H,29,32)(H,31,33). The van der Waals surface area contributed by atoms with Crippen molar-refractivity contribution < 1.29 is 19.1 Å². The molecule has 0 aliphatic carbocycles. The first-order chi connectivity index (χ1) is 16.9. The Labute approximate surface area is 205 Å². The summed E-state index contributed by atoms with van der Waals surface area (Å²) in [5, 5.41) is 9.15. The second-order valence-corrected chi connectivity index (χ2v) is 8.46. The van der Waals surface area contributed by atoms with Crippen LogP contribution in [0.5, 0.6) is 11.5 Å². The summed E-state index contributed by atoms with van der Waals surface area (Å²) in [5.41, 5.74) is 5.40. The Balaban J connectivity index is 1.47. The second-order valence-electron chi connectivity index (χ2n) is 8.46. The molecule has 1 heterocycles. The summed E-state index contributed by atoms with van der Waals surface area (Å²) in [5.74, 6) is 0.338. The van der Waals surface area contributed by atoms with E-state index in [0.717, 1.165) is 22.4 Å². The number of benzene rings is 3. The van der Waals surface area contributed by atoms with Crippen LogP contribution in [-0.2, 0) is 17.8 Å². The molecule has 180 valence electrons. The van der Waals surface area contributed by atoms with Crippen LogP contribution in [0.25, 0.3) is 0 Å². The third kappa shape index (κ3) is 5.30. The first-order valence-corrected chi connectivity index (χ1v) is 11.3. The maximum Gasteiger partial charge on any atom is 0.251 e. The van der Waals surface area contributed by atoms with Crippen molar-refractivity contribution >= 4 is 23.2 Å². The number of anilines is 2. The predicted molar refractivity (Wildman–Crippen MR) is 137 cm³/mol. The monoisotopic (exact) mass is 471 g/mol. The Morgan fingerprint density at radius 1 is 1.06 bits per heavy atom. The van der Waals surface area contributed by atoms with Gasteiger partial charge in [-0.1, -0.05) is 43.0 Å². The van der Waals surface area contributed by atoms with Gasteiger partial charge in [0.05, 0.1) is 20.1 Å². The first kappa shape index (κ1) is 23.9. The van der Waals surface area contributed by atoms with Crippen LogP contribution < -0.4 is 25.4 Å². The highest BCUT2D eigenvalue weighted by molar-refractivity contribution is 5.98. The van der Waals surface area contributed by atoms with Crippen LogP contribution >= 0.6 is 0 Å². The molecule has 35 heavy (non-hydrogen) atoms. The van der Waals surface area contributed by atoms with Gasteiger partial charge in [-0.2, -0.15) is 0 Å². The molecule has 0 spiro atoms. The summed E-state index contributed by atoms with van der Waals surface area (Å²) in [6, 6.07) is 18.8. The Morgan fingerprint density at radius 2 is 1.77 bits per heavy atom. The number of ether oxygens (including phenoxy) is 2. The Bertz CT molecular complexity index is 1270. The molecular formula is C28H29N3O4. The smallest absolute Gasteiger partial charge is 0.251 e. The number of hydrogen-bond donors (Lipinski definition) is 3. The summed E-state index contributed by atoms with van der Waals surface area (Å²) in [7, 11) is 3.14. The highest BCUT2D eigenvalue weighted by atomic mass is 16.5. The van der Waals surface area contributed by atoms with Crippen LogP contribution in [0, 0.1) is 12.8 Å². The predicted octanol–water partition coefficient (Wildman–Crippen LogP) is 4.68. The van der Waals surface area contributed by atoms with E-state index in [1.807, 2.05) is 49.4 Å². The van der Waals surface area contributed by atoms with E-state index in [2.05, 4.69) is 22.5 Å². The summed E-state index contributed by atoms with van der Waals surface area (Å²) in [6.07, 6.45) is 0.462. The normalized spacial score (nSPS) is 14.4. The third-order valence-electron chi connectivity index (χ3n) is 6.12. The van der Waals surface area contributed by atoms with Crippen LogP contribution in [-0.4, -0.2) is 26.0 Å². The van der Waals surface area contributed by atoms with E-state index >= 15 is 0 Å². The molecule has 0 aromatic heterocycles. The maximum atomic E-state index is 12.9. The van der Waals surface area contributed by atoms with E-state index < -0.39 is 5.92 Å². The zero-order valence-electron chi connectivity index (χ0n) is 20.1. The minimum Gasteiger partial charge on any atom is -0.493 e. The fourth-order valence-corrected chi connectivity index (χ4v) is 4.06. The van der Waals surface area contributed by atoms with Crippen molar-refractivity contribution in [1.82, 2.24) is 5.32 Å². The van der Waals surface area contributed by atoms with E-state index in [0.29, 0.717) is 41.4 Å². The molecule has 1 atom stereocenters. The highest BCUT2D eigenvalue weighted by Gasteiger charge is 2.30. The third-order valence-corrected chi connectivity index (χ3v) is 6.12. The van der Waals surface area contributed by atoms with Crippen LogP contribution in [0.3, 0.4) is 0 Å². The average Bonchev–Trinajstić information content (AvgIpc) is 2.87. The molecule has 7 nitrogen and oxygen atoms in total. The first-order valence-electron chi connectivity index (χ1n) is 11.3. The number of methoxy groups -OCH3 is 2. The van der Waals surface area contributed by atoms with Gasteiger partial charge < -0.3 is 25.4 Å². The molecule has 3 aromatic carbocycles. The van der Waals surface area contributed by atoms with Gasteiger partial charge in [-0.3, -0.25) is 9.59 Å². The molecule has 3 aromatic rings. The number of nitrogens with one attached hydrogen (secondary N) is 3. The topological polar surface area (TPSA) is 88.7 Å². The van der Waals surface area contributed by atoms with Gasteiger partial charge in [-0.05, 0) is 48.2 Å². The SMILES string of the molecule is C=C(Nc1cc(C(=O)NCc2ccccc2)ccc1C)C1Cc2cc(OC)c(OC)cc2NC1=O. The average molecular weight is 472 g/mol. The van der Waals surface area contributed by atoms with Crippen molar-refractivity contribution in [2.24, 2.45) is 5.92 Å². The Morgan fingerprint density at radius 3 is 2.49 bits per heavy atom. The lowest BCUT2D eigenvalue weighted by atomic mass is 9.90. The number of aryl methyl sites for hydroxylation is 1. The number of rotatable bonds is 8. The Hall–Kier alpha value is -4.26. The fourth-order valence-electron chi connectivity index (χ4n) is 4.06. The van der Waals surface area contributed by atoms with Crippen molar-refractivity contribution in [3.05, 3.63) is 95.2 Å². The van der Waals surface area contributed by atoms with Crippen molar-refractivity contribution in [2.75, 3.05) is 24.9 Å². The van der Waals surface area contributed by atoms with Crippen LogP contribution in [0.4, 0.5) is 11.4 Å². The van der Waals surface area contributed by atoms with Gasteiger partial charge in [0.15, 0.2) is 11.5 Å². The molecule has 0 radical (unpaired) electrons. The van der Waals surface area contributed by atoms with Crippen LogP contribution in [0.15, 0.2) is 72.9 Å². The molecule has 0 fully saturated rings. The van der Waals surface area contributed by atoms with Gasteiger partial charge in [0.25, 0.3) is 5.91 Å². The molecule has 1 unspecified atom stereocenters. The molecule has 1 aliphatic heterocycles. The molecule has 2 amide bonds. The van der Waals surface area contributed by atoms with Gasteiger partial charge in [-0.15, -0.1) is 0 Å². The van der Waals surface area contributed by atoms with E-state index in [1.165, 1.54) is 0 Å². The number of carbonyl (C=O) groups is 2. The summed E-state index contributed by atoms with van der Waals surface area (Å²) < 4.78 is 10.7. The molecule has 4 rings (SSSR count). The number of fused-ring (bicyclic) bond motifs is 1. The molecule has 0 bridgehead atoms. The number of amides is 2. The van der Waals surface area contributed by atoms with Gasteiger partial charge in [0.2, 0.25) is 5.91 Å². The van der Waals surface area contributed by atoms with E-state index in [4.69, 9.17) is 9.47 Å². The lowest BCUT2D eigenvalue weighted by Gasteiger charge is -2.28. The maximum absolute atomic E-state index is 12.9. The number of hydrogen-bond acceptors (Lipinski definition) is 5. The van der Waals surface area contributed by atoms with Crippen LogP contribution in [0.1, 0.15) is 27.0 Å². The van der Waals surface area contributed by atoms with Crippen molar-refractivity contribution in [3.8, 4) is 11.5 Å². The minimum atomic E-state index is -0.490. The summed E-state index contributed by atoms with van der Waals surface area (Å²) >= 11 is 0. The lowest BCUT2D eigenvalue weighted by molar-refractivity contribution is -0.119. The molecule has 0 saturated heterocycles. The van der Waals surface area contributed by atoms with Crippen molar-refractivity contribution in [3.63, 3.8) is 0 Å². The summed E-state index contributed by atoms with van der Waals surface area (Å²) in [4.78, 5) is 25.6. The molecule has 0 saturated carbocycles. The molecule has 3 N–H and O–H groups in total. The lowest BCUT2D eigenvalue weighted by Crippen LogP contribution is -2.33. The molecule has 7 heteroatoms. The zero-order valence-corrected chi connectivity index (χ0v) is 20.1. The Kier molecular flexibility index (Phi) is 7.06. The second kappa shape index (κ2) is 10.3. The van der Waals surface area contributed by atoms with Crippen LogP contribution in [0.2, 0.25) is 0 Å². The van der Waals surface area contributed by atoms with Gasteiger partial charge in [-0.25, -0.2) is 0 Å². The van der Waals surface area contributed by atoms with E-state index in [9.17, 15) is 9.59 Å². The van der Waals surface area contributed by atoms with Gasteiger partial charge >= 0.3 is 0 Å². The largest absolute Gasteiger partial charge is 0.493 e. The van der Waals surface area contributed by atoms with Gasteiger partial charge in [0.1, 0.15) is 0 Å². The zero-order chi connectivity index (χ0) is 24.9. The van der Waals surface area contributed by atoms with E-state index in [-0.39, 0.29) is 11.8 Å². The summed E-state index contributed by atoms with van der Waals surface area (Å²) in [6.45, 7) is 6.52. The molecule has 1 aliphatic rings. The number of carbonyl (C=O) groups excluding carboxylic acids is 2. The van der Waals surface area contributed by atoms with Crippen molar-refractivity contribution in [1.29, 1.82) is 0 Å². The minimum absolute atomic E-state index is 0.156. The van der Waals surface area contributed by atoms with Crippen molar-refractivity contribution in [2.45, 2.75) is 19.9 Å². The van der Waals surface area contributed by atoms with E-state index in [1.54, 1.807) is 32.4 Å².